The van der Waals surface area contributed by atoms with Crippen molar-refractivity contribution >= 4 is 22.6 Å². The highest BCUT2D eigenvalue weighted by molar-refractivity contribution is 14.1. The summed E-state index contributed by atoms with van der Waals surface area (Å²) in [7, 11) is 4.06. The lowest BCUT2D eigenvalue weighted by molar-refractivity contribution is 0.393. The van der Waals surface area contributed by atoms with Crippen LogP contribution in [-0.4, -0.2) is 25.5 Å². The average Bonchev–Trinajstić information content (AvgIpc) is 2.21. The molecule has 0 saturated heterocycles. The third-order valence-corrected chi connectivity index (χ3v) is 3.01. The molecule has 0 N–H and O–H groups in total. The van der Waals surface area contributed by atoms with Crippen LogP contribution in [0.4, 0.5) is 0 Å². The molecule has 0 amide bonds. The van der Waals surface area contributed by atoms with Gasteiger partial charge in [-0.15, -0.1) is 0 Å². The Morgan fingerprint density at radius 1 is 1.33 bits per heavy atom. The molecule has 1 aromatic carbocycles. The van der Waals surface area contributed by atoms with Gasteiger partial charge in [-0.1, -0.05) is 12.1 Å². The normalized spacial score (nSPS) is 12.5. The molecule has 15 heavy (non-hydrogen) atoms. The number of hydrogen-bond donors (Lipinski definition) is 0. The Kier molecular flexibility index (Phi) is 5.06. The van der Waals surface area contributed by atoms with E-state index in [4.69, 9.17) is 5.26 Å². The van der Waals surface area contributed by atoms with Gasteiger partial charge in [0, 0.05) is 3.57 Å². The van der Waals surface area contributed by atoms with Crippen LogP contribution in [0.3, 0.4) is 0 Å². The number of nitrogens with zero attached hydrogens (tertiary/aromatic N) is 2. The minimum absolute atomic E-state index is 0.0180. The van der Waals surface area contributed by atoms with Crippen molar-refractivity contribution in [2.45, 2.75) is 12.3 Å². The van der Waals surface area contributed by atoms with E-state index in [-0.39, 0.29) is 5.92 Å². The van der Waals surface area contributed by atoms with Gasteiger partial charge < -0.3 is 4.90 Å². The van der Waals surface area contributed by atoms with Gasteiger partial charge >= 0.3 is 0 Å². The number of hydrogen-bond acceptors (Lipinski definition) is 2. The van der Waals surface area contributed by atoms with Gasteiger partial charge in [0.1, 0.15) is 0 Å². The Morgan fingerprint density at radius 2 is 1.93 bits per heavy atom. The first-order chi connectivity index (χ1) is 7.13. The van der Waals surface area contributed by atoms with Gasteiger partial charge in [0.05, 0.1) is 12.0 Å². The number of benzene rings is 1. The van der Waals surface area contributed by atoms with Crippen molar-refractivity contribution in [1.29, 1.82) is 5.26 Å². The maximum atomic E-state index is 9.09. The zero-order valence-electron chi connectivity index (χ0n) is 9.07. The van der Waals surface area contributed by atoms with Crippen molar-refractivity contribution in [3.8, 4) is 6.07 Å². The fraction of sp³-hybridized carbons (Fsp3) is 0.417. The summed E-state index contributed by atoms with van der Waals surface area (Å²) < 4.78 is 1.21. The lowest BCUT2D eigenvalue weighted by Gasteiger charge is -2.13. The fourth-order valence-electron chi connectivity index (χ4n) is 1.39. The molecular weight excluding hydrogens is 299 g/mol. The third kappa shape index (κ3) is 4.18. The first-order valence-electron chi connectivity index (χ1n) is 4.93. The topological polar surface area (TPSA) is 27.0 Å². The molecule has 1 atom stereocenters. The van der Waals surface area contributed by atoms with Gasteiger partial charge in [0.25, 0.3) is 0 Å². The van der Waals surface area contributed by atoms with E-state index in [1.165, 1.54) is 3.57 Å². The Labute approximate surface area is 105 Å². The van der Waals surface area contributed by atoms with Gasteiger partial charge in [-0.2, -0.15) is 5.26 Å². The molecule has 1 rings (SSSR count). The Bertz CT molecular complexity index is 338. The van der Waals surface area contributed by atoms with Gasteiger partial charge in [0.2, 0.25) is 0 Å². The van der Waals surface area contributed by atoms with Crippen LogP contribution in [0.25, 0.3) is 0 Å². The second-order valence-electron chi connectivity index (χ2n) is 3.83. The third-order valence-electron chi connectivity index (χ3n) is 2.29. The van der Waals surface area contributed by atoms with E-state index in [0.717, 1.165) is 18.5 Å². The summed E-state index contributed by atoms with van der Waals surface area (Å²) in [5.74, 6) is 0.0180. The molecule has 0 aliphatic rings. The summed E-state index contributed by atoms with van der Waals surface area (Å²) in [5, 5.41) is 9.09. The molecule has 0 radical (unpaired) electrons. The van der Waals surface area contributed by atoms with E-state index in [2.05, 4.69) is 45.7 Å². The van der Waals surface area contributed by atoms with Gasteiger partial charge in [-0.3, -0.25) is 0 Å². The van der Waals surface area contributed by atoms with Crippen LogP contribution in [0.5, 0.6) is 0 Å². The monoisotopic (exact) mass is 314 g/mol. The molecule has 0 aliphatic carbocycles. The zero-order valence-corrected chi connectivity index (χ0v) is 11.2. The SMILES string of the molecule is CN(C)CCC(C#N)c1ccc(I)cc1. The van der Waals surface area contributed by atoms with Crippen molar-refractivity contribution in [2.24, 2.45) is 0 Å². The fourth-order valence-corrected chi connectivity index (χ4v) is 1.75. The van der Waals surface area contributed by atoms with E-state index in [1.54, 1.807) is 0 Å². The maximum Gasteiger partial charge on any atom is 0.0724 e. The minimum Gasteiger partial charge on any atom is -0.309 e. The van der Waals surface area contributed by atoms with Gasteiger partial charge in [0.15, 0.2) is 0 Å². The molecule has 1 unspecified atom stereocenters. The number of nitriles is 1. The van der Waals surface area contributed by atoms with Crippen LogP contribution in [0.1, 0.15) is 17.9 Å². The first kappa shape index (κ1) is 12.5. The standard InChI is InChI=1S/C12H15IN2/c1-15(2)8-7-11(9-14)10-3-5-12(13)6-4-10/h3-6,11H,7-8H2,1-2H3. The van der Waals surface area contributed by atoms with Crippen LogP contribution in [0.2, 0.25) is 0 Å². The van der Waals surface area contributed by atoms with Crippen molar-refractivity contribution in [3.05, 3.63) is 33.4 Å². The Morgan fingerprint density at radius 3 is 2.40 bits per heavy atom. The van der Waals surface area contributed by atoms with Crippen molar-refractivity contribution < 1.29 is 0 Å². The summed E-state index contributed by atoms with van der Waals surface area (Å²) in [6, 6.07) is 10.6. The van der Waals surface area contributed by atoms with Gasteiger partial charge in [-0.25, -0.2) is 0 Å². The van der Waals surface area contributed by atoms with Crippen LogP contribution in [-0.2, 0) is 0 Å². The zero-order chi connectivity index (χ0) is 11.3. The summed E-state index contributed by atoms with van der Waals surface area (Å²) in [5.41, 5.74) is 1.12. The van der Waals surface area contributed by atoms with Crippen molar-refractivity contribution in [3.63, 3.8) is 0 Å². The molecule has 0 spiro atoms. The molecule has 2 nitrogen and oxygen atoms in total. The van der Waals surface area contributed by atoms with Crippen LogP contribution >= 0.6 is 22.6 Å². The average molecular weight is 314 g/mol. The minimum atomic E-state index is 0.0180. The maximum absolute atomic E-state index is 9.09. The van der Waals surface area contributed by atoms with E-state index >= 15 is 0 Å². The number of halogens is 1. The first-order valence-corrected chi connectivity index (χ1v) is 6.01. The summed E-state index contributed by atoms with van der Waals surface area (Å²) in [4.78, 5) is 2.11. The molecule has 80 valence electrons. The van der Waals surface area contributed by atoms with Gasteiger partial charge in [-0.05, 0) is 67.3 Å². The molecule has 0 fully saturated rings. The second kappa shape index (κ2) is 6.09. The molecule has 0 saturated carbocycles. The summed E-state index contributed by atoms with van der Waals surface area (Å²) in [6.45, 7) is 0.949. The molecule has 0 bridgehead atoms. The highest BCUT2D eigenvalue weighted by Crippen LogP contribution is 2.19. The Balaban J connectivity index is 2.67. The smallest absolute Gasteiger partial charge is 0.0724 e. The van der Waals surface area contributed by atoms with E-state index in [0.29, 0.717) is 0 Å². The van der Waals surface area contributed by atoms with E-state index < -0.39 is 0 Å². The predicted octanol–water partition coefficient (Wildman–Crippen LogP) is 2.85. The van der Waals surface area contributed by atoms with Crippen LogP contribution in [0.15, 0.2) is 24.3 Å². The van der Waals surface area contributed by atoms with E-state index in [1.807, 2.05) is 26.2 Å². The molecule has 0 aromatic heterocycles. The highest BCUT2D eigenvalue weighted by atomic mass is 127. The lowest BCUT2D eigenvalue weighted by Crippen LogP contribution is -2.15. The largest absolute Gasteiger partial charge is 0.309 e. The molecule has 0 heterocycles. The summed E-state index contributed by atoms with van der Waals surface area (Å²) in [6.07, 6.45) is 0.893. The van der Waals surface area contributed by atoms with Crippen LogP contribution < -0.4 is 0 Å². The highest BCUT2D eigenvalue weighted by Gasteiger charge is 2.10. The Hall–Kier alpha value is -0.600. The molecular formula is C12H15IN2. The second-order valence-corrected chi connectivity index (χ2v) is 5.07. The molecule has 3 heteroatoms. The molecule has 0 aliphatic heterocycles. The van der Waals surface area contributed by atoms with Crippen molar-refractivity contribution in [2.75, 3.05) is 20.6 Å². The summed E-state index contributed by atoms with van der Waals surface area (Å²) >= 11 is 2.27. The van der Waals surface area contributed by atoms with E-state index in [9.17, 15) is 0 Å². The molecule has 1 aromatic rings. The number of rotatable bonds is 4. The predicted molar refractivity (Wildman–Crippen MR) is 70.7 cm³/mol. The van der Waals surface area contributed by atoms with Crippen LogP contribution in [0, 0.1) is 14.9 Å². The lowest BCUT2D eigenvalue weighted by atomic mass is 9.97. The van der Waals surface area contributed by atoms with Crippen molar-refractivity contribution in [1.82, 2.24) is 4.90 Å². The quantitative estimate of drug-likeness (QED) is 0.799.